The first-order valence-corrected chi connectivity index (χ1v) is 7.84. The smallest absolute Gasteiger partial charge is 0.211 e. The highest BCUT2D eigenvalue weighted by Crippen LogP contribution is 2.40. The highest BCUT2D eigenvalue weighted by atomic mass is 32.2. The highest BCUT2D eigenvalue weighted by molar-refractivity contribution is 8.07. The molecule has 0 saturated carbocycles. The van der Waals surface area contributed by atoms with Crippen LogP contribution in [0.5, 0.6) is 0 Å². The van der Waals surface area contributed by atoms with Crippen molar-refractivity contribution in [3.05, 3.63) is 43.7 Å². The Labute approximate surface area is 127 Å². The summed E-state index contributed by atoms with van der Waals surface area (Å²) in [5.74, 6) is 0. The molecule has 0 aliphatic carbocycles. The third-order valence-electron chi connectivity index (χ3n) is 4.78. The van der Waals surface area contributed by atoms with E-state index in [1.807, 2.05) is 11.8 Å². The number of rotatable bonds is 1. The van der Waals surface area contributed by atoms with E-state index in [-0.39, 0.29) is 0 Å². The van der Waals surface area contributed by atoms with Crippen LogP contribution >= 0.6 is 11.8 Å². The lowest BCUT2D eigenvalue weighted by Gasteiger charge is -2.15. The van der Waals surface area contributed by atoms with E-state index in [0.717, 1.165) is 0 Å². The quantitative estimate of drug-likeness (QED) is 0.722. The largest absolute Gasteiger partial charge is 0.342 e. The molecule has 1 aliphatic heterocycles. The normalized spacial score (nSPS) is 17.6. The number of allylic oxidation sites excluding steroid dienone is 2. The van der Waals surface area contributed by atoms with Crippen LogP contribution in [-0.4, -0.2) is 11.9 Å². The summed E-state index contributed by atoms with van der Waals surface area (Å²) >= 11 is 1.86. The van der Waals surface area contributed by atoms with Gasteiger partial charge < -0.3 is 4.90 Å². The molecule has 1 aromatic rings. The predicted molar refractivity (Wildman–Crippen MR) is 88.3 cm³/mol. The molecule has 1 aliphatic rings. The van der Waals surface area contributed by atoms with Gasteiger partial charge >= 0.3 is 0 Å². The Kier molecular flexibility index (Phi) is 4.01. The van der Waals surface area contributed by atoms with Crippen LogP contribution in [0.4, 0.5) is 0 Å². The number of thioether (sulfide) groups is 1. The maximum absolute atomic E-state index is 2.32. The van der Waals surface area contributed by atoms with Crippen LogP contribution in [0, 0.1) is 27.7 Å². The van der Waals surface area contributed by atoms with Gasteiger partial charge in [0.25, 0.3) is 0 Å². The van der Waals surface area contributed by atoms with Gasteiger partial charge in [-0.25, -0.2) is 0 Å². The lowest BCUT2D eigenvalue weighted by Crippen LogP contribution is -2.38. The maximum atomic E-state index is 2.32. The summed E-state index contributed by atoms with van der Waals surface area (Å²) in [7, 11) is 4.31. The first kappa shape index (κ1) is 15.2. The Morgan fingerprint density at radius 1 is 0.950 bits per heavy atom. The fourth-order valence-corrected chi connectivity index (χ4v) is 3.62. The Balaban J connectivity index is 2.57. The van der Waals surface area contributed by atoms with Gasteiger partial charge in [-0.05, 0) is 40.2 Å². The number of nitrogens with zero attached hydrogens (tertiary/aromatic N) is 2. The van der Waals surface area contributed by atoms with Crippen molar-refractivity contribution in [2.24, 2.45) is 7.05 Å². The highest BCUT2D eigenvalue weighted by Gasteiger charge is 2.23. The average molecular weight is 289 g/mol. The number of aromatic nitrogens is 1. The summed E-state index contributed by atoms with van der Waals surface area (Å²) in [5, 5.41) is 1.31. The zero-order valence-corrected chi connectivity index (χ0v) is 14.7. The molecule has 0 fully saturated rings. The number of hydrogen-bond donors (Lipinski definition) is 0. The fraction of sp³-hybridized carbons (Fsp3) is 0.471. The van der Waals surface area contributed by atoms with Gasteiger partial charge in [0.05, 0.1) is 5.03 Å². The molecule has 2 rings (SSSR count). The molecule has 0 radical (unpaired) electrons. The summed E-state index contributed by atoms with van der Waals surface area (Å²) in [6.07, 6.45) is 2.32. The van der Waals surface area contributed by atoms with Gasteiger partial charge in [0.2, 0.25) is 5.69 Å². The molecule has 0 aromatic carbocycles. The van der Waals surface area contributed by atoms with Crippen molar-refractivity contribution in [3.8, 4) is 0 Å². The topological polar surface area (TPSA) is 7.12 Å². The summed E-state index contributed by atoms with van der Waals surface area (Å²) in [4.78, 5) is 3.67. The Bertz CT molecular complexity index is 610. The lowest BCUT2D eigenvalue weighted by atomic mass is 10.0. The van der Waals surface area contributed by atoms with Gasteiger partial charge in [-0.3, -0.25) is 0 Å². The van der Waals surface area contributed by atoms with E-state index in [0.29, 0.717) is 0 Å². The molecule has 0 atom stereocenters. The van der Waals surface area contributed by atoms with Crippen molar-refractivity contribution in [1.29, 1.82) is 0 Å². The molecule has 0 unspecified atom stereocenters. The average Bonchev–Trinajstić information content (AvgIpc) is 2.66. The molecule has 1 aromatic heterocycles. The Morgan fingerprint density at radius 3 is 2.05 bits per heavy atom. The minimum absolute atomic E-state index is 1.31. The Hall–Kier alpha value is -1.22. The van der Waals surface area contributed by atoms with Crippen LogP contribution < -0.4 is 4.57 Å². The monoisotopic (exact) mass is 289 g/mol. The summed E-state index contributed by atoms with van der Waals surface area (Å²) in [6, 6.07) is 0. The molecular weight excluding hydrogens is 264 g/mol. The standard InChI is InChI=1S/C17H25N2S/c1-10-11(2)13(4)18(7)16(12(10)3)9-17-19(8)14(5)15(6)20-17/h9H,1-8H3/q+1. The molecule has 108 valence electrons. The molecule has 0 saturated heterocycles. The third kappa shape index (κ3) is 2.28. The molecule has 2 nitrogen and oxygen atoms in total. The van der Waals surface area contributed by atoms with Crippen LogP contribution in [0.2, 0.25) is 0 Å². The van der Waals surface area contributed by atoms with Gasteiger partial charge in [0.1, 0.15) is 7.05 Å². The number of pyridine rings is 1. The zero-order chi connectivity index (χ0) is 15.2. The maximum Gasteiger partial charge on any atom is 0.211 e. The van der Waals surface area contributed by atoms with Gasteiger partial charge in [0.15, 0.2) is 5.69 Å². The molecule has 3 heteroatoms. The fourth-order valence-electron chi connectivity index (χ4n) is 2.58. The third-order valence-corrected chi connectivity index (χ3v) is 5.98. The molecule has 2 heterocycles. The van der Waals surface area contributed by atoms with Crippen molar-refractivity contribution in [2.45, 2.75) is 41.5 Å². The van der Waals surface area contributed by atoms with E-state index in [1.54, 1.807) is 0 Å². The lowest BCUT2D eigenvalue weighted by molar-refractivity contribution is -0.680. The second-order valence-corrected chi connectivity index (χ2v) is 6.92. The zero-order valence-electron chi connectivity index (χ0n) is 13.9. The van der Waals surface area contributed by atoms with Crippen molar-refractivity contribution >= 4 is 17.8 Å². The van der Waals surface area contributed by atoms with E-state index in [1.165, 1.54) is 43.7 Å². The van der Waals surface area contributed by atoms with Crippen LogP contribution in [0.15, 0.2) is 15.6 Å². The minimum Gasteiger partial charge on any atom is -0.342 e. The van der Waals surface area contributed by atoms with Gasteiger partial charge in [-0.1, -0.05) is 11.8 Å². The second-order valence-electron chi connectivity index (χ2n) is 5.69. The second kappa shape index (κ2) is 5.28. The number of hydrogen-bond acceptors (Lipinski definition) is 2. The molecule has 0 bridgehead atoms. The predicted octanol–water partition coefficient (Wildman–Crippen LogP) is 3.97. The van der Waals surface area contributed by atoms with Gasteiger partial charge in [0, 0.05) is 41.8 Å². The summed E-state index contributed by atoms with van der Waals surface area (Å²) in [6.45, 7) is 13.2. The van der Waals surface area contributed by atoms with Crippen LogP contribution in [0.3, 0.4) is 0 Å². The van der Waals surface area contributed by atoms with Crippen LogP contribution in [-0.2, 0) is 7.05 Å². The SMILES string of the molecule is CC1=C(C)N(C)C(=Cc2c(C)c(C)c(C)c(C)[n+]2C)S1. The molecule has 0 amide bonds. The first-order chi connectivity index (χ1) is 9.25. The van der Waals surface area contributed by atoms with Crippen molar-refractivity contribution in [2.75, 3.05) is 7.05 Å². The van der Waals surface area contributed by atoms with E-state index < -0.39 is 0 Å². The van der Waals surface area contributed by atoms with Crippen LogP contribution in [0.1, 0.15) is 41.9 Å². The van der Waals surface area contributed by atoms with Gasteiger partial charge in [-0.2, -0.15) is 4.57 Å². The first-order valence-electron chi connectivity index (χ1n) is 7.02. The van der Waals surface area contributed by atoms with E-state index in [2.05, 4.69) is 71.2 Å². The summed E-state index contributed by atoms with van der Waals surface area (Å²) in [5.41, 5.74) is 8.17. The minimum atomic E-state index is 1.31. The van der Waals surface area contributed by atoms with Gasteiger partial charge in [-0.15, -0.1) is 0 Å². The molecule has 20 heavy (non-hydrogen) atoms. The molecular formula is C17H25N2S+. The van der Waals surface area contributed by atoms with E-state index in [9.17, 15) is 0 Å². The molecule has 0 spiro atoms. The molecule has 0 N–H and O–H groups in total. The van der Waals surface area contributed by atoms with Crippen molar-refractivity contribution in [3.63, 3.8) is 0 Å². The van der Waals surface area contributed by atoms with E-state index >= 15 is 0 Å². The Morgan fingerprint density at radius 2 is 1.55 bits per heavy atom. The van der Waals surface area contributed by atoms with Crippen LogP contribution in [0.25, 0.3) is 6.08 Å². The van der Waals surface area contributed by atoms with Crippen molar-refractivity contribution in [1.82, 2.24) is 4.90 Å². The summed E-state index contributed by atoms with van der Waals surface area (Å²) < 4.78 is 2.31. The van der Waals surface area contributed by atoms with Crippen molar-refractivity contribution < 1.29 is 4.57 Å². The van der Waals surface area contributed by atoms with E-state index in [4.69, 9.17) is 0 Å².